The number of carbonyl (C=O) groups is 1. The molecule has 1 heterocycles. The molecule has 1 rings (SSSR count). The quantitative estimate of drug-likeness (QED) is 0.822. The van der Waals surface area contributed by atoms with Crippen LogP contribution in [0.25, 0.3) is 0 Å². The van der Waals surface area contributed by atoms with Crippen molar-refractivity contribution >= 4 is 23.3 Å². The van der Waals surface area contributed by atoms with E-state index in [4.69, 9.17) is 17.3 Å². The first-order valence-electron chi connectivity index (χ1n) is 4.57. The van der Waals surface area contributed by atoms with E-state index in [1.807, 2.05) is 0 Å². The molecule has 0 radical (unpaired) electrons. The number of anilines is 1. The molecule has 82 valence electrons. The van der Waals surface area contributed by atoms with E-state index < -0.39 is 5.41 Å². The monoisotopic (exact) mass is 227 g/mol. The van der Waals surface area contributed by atoms with Gasteiger partial charge in [-0.3, -0.25) is 4.79 Å². The second-order valence-corrected chi connectivity index (χ2v) is 4.40. The Morgan fingerprint density at radius 2 is 2.27 bits per heavy atom. The lowest BCUT2D eigenvalue weighted by Gasteiger charge is -2.20. The number of primary amides is 1. The molecule has 0 bridgehead atoms. The number of halogens is 1. The average Bonchev–Trinajstić information content (AvgIpc) is 2.17. The molecule has 0 aliphatic rings. The van der Waals surface area contributed by atoms with Crippen molar-refractivity contribution in [3.8, 4) is 0 Å². The first-order chi connectivity index (χ1) is 6.92. The summed E-state index contributed by atoms with van der Waals surface area (Å²) in [5.41, 5.74) is 4.64. The van der Waals surface area contributed by atoms with E-state index in [0.29, 0.717) is 17.4 Å². The SMILES string of the molecule is CC(C)(CNc1ccc(Cl)cn1)C(N)=O. The minimum absolute atomic E-state index is 0.344. The van der Waals surface area contributed by atoms with Gasteiger partial charge in [0.25, 0.3) is 0 Å². The highest BCUT2D eigenvalue weighted by molar-refractivity contribution is 6.30. The first-order valence-corrected chi connectivity index (χ1v) is 4.95. The van der Waals surface area contributed by atoms with Gasteiger partial charge in [0, 0.05) is 12.7 Å². The molecule has 0 atom stereocenters. The molecule has 0 aromatic carbocycles. The Hall–Kier alpha value is -1.29. The number of aromatic nitrogens is 1. The van der Waals surface area contributed by atoms with Gasteiger partial charge in [-0.05, 0) is 26.0 Å². The van der Waals surface area contributed by atoms with Gasteiger partial charge in [-0.1, -0.05) is 11.6 Å². The van der Waals surface area contributed by atoms with Gasteiger partial charge in [0.2, 0.25) is 5.91 Å². The van der Waals surface area contributed by atoms with Gasteiger partial charge in [0.15, 0.2) is 0 Å². The molecular formula is C10H14ClN3O. The minimum Gasteiger partial charge on any atom is -0.369 e. The summed E-state index contributed by atoms with van der Waals surface area (Å²) < 4.78 is 0. The molecule has 0 unspecified atom stereocenters. The minimum atomic E-state index is -0.596. The van der Waals surface area contributed by atoms with Crippen molar-refractivity contribution in [3.05, 3.63) is 23.4 Å². The molecule has 15 heavy (non-hydrogen) atoms. The van der Waals surface area contributed by atoms with Crippen LogP contribution >= 0.6 is 11.6 Å². The van der Waals surface area contributed by atoms with E-state index in [0.717, 1.165) is 0 Å². The molecule has 4 nitrogen and oxygen atoms in total. The first kappa shape index (κ1) is 11.8. The zero-order chi connectivity index (χ0) is 11.5. The summed E-state index contributed by atoms with van der Waals surface area (Å²) in [6.45, 7) is 3.99. The van der Waals surface area contributed by atoms with Gasteiger partial charge >= 0.3 is 0 Å². The number of pyridine rings is 1. The number of nitrogens with one attached hydrogen (secondary N) is 1. The van der Waals surface area contributed by atoms with E-state index in [1.54, 1.807) is 32.2 Å². The van der Waals surface area contributed by atoms with Gasteiger partial charge in [-0.25, -0.2) is 4.98 Å². The van der Waals surface area contributed by atoms with Crippen molar-refractivity contribution in [1.82, 2.24) is 4.98 Å². The maximum Gasteiger partial charge on any atom is 0.224 e. The van der Waals surface area contributed by atoms with Crippen molar-refractivity contribution in [3.63, 3.8) is 0 Å². The maximum absolute atomic E-state index is 11.0. The van der Waals surface area contributed by atoms with Crippen LogP contribution in [0.2, 0.25) is 5.02 Å². The van der Waals surface area contributed by atoms with Crippen LogP contribution in [-0.4, -0.2) is 17.4 Å². The molecule has 1 amide bonds. The van der Waals surface area contributed by atoms with Crippen LogP contribution < -0.4 is 11.1 Å². The van der Waals surface area contributed by atoms with Gasteiger partial charge < -0.3 is 11.1 Å². The van der Waals surface area contributed by atoms with E-state index in [1.165, 1.54) is 0 Å². The molecule has 3 N–H and O–H groups in total. The molecule has 0 aliphatic carbocycles. The van der Waals surface area contributed by atoms with Crippen LogP contribution in [-0.2, 0) is 4.79 Å². The Morgan fingerprint density at radius 1 is 1.60 bits per heavy atom. The lowest BCUT2D eigenvalue weighted by molar-refractivity contribution is -0.125. The number of amides is 1. The maximum atomic E-state index is 11.0. The van der Waals surface area contributed by atoms with Crippen LogP contribution in [0, 0.1) is 5.41 Å². The van der Waals surface area contributed by atoms with Crippen molar-refractivity contribution in [2.45, 2.75) is 13.8 Å². The summed E-state index contributed by atoms with van der Waals surface area (Å²) in [5.74, 6) is 0.331. The highest BCUT2D eigenvalue weighted by Crippen LogP contribution is 2.16. The van der Waals surface area contributed by atoms with Gasteiger partial charge in [-0.15, -0.1) is 0 Å². The van der Waals surface area contributed by atoms with Crippen molar-refractivity contribution < 1.29 is 4.79 Å². The zero-order valence-electron chi connectivity index (χ0n) is 8.75. The molecule has 0 spiro atoms. The standard InChI is InChI=1S/C10H14ClN3O/c1-10(2,9(12)15)6-14-8-4-3-7(11)5-13-8/h3-5H,6H2,1-2H3,(H2,12,15)(H,13,14). The lowest BCUT2D eigenvalue weighted by Crippen LogP contribution is -2.37. The molecule has 1 aromatic heterocycles. The molecule has 0 saturated carbocycles. The molecule has 0 fully saturated rings. The predicted molar refractivity (Wildman–Crippen MR) is 60.7 cm³/mol. The number of hydrogen-bond donors (Lipinski definition) is 2. The van der Waals surface area contributed by atoms with Crippen LogP contribution in [0.5, 0.6) is 0 Å². The molecular weight excluding hydrogens is 214 g/mol. The van der Waals surface area contributed by atoms with Gasteiger partial charge in [0.1, 0.15) is 5.82 Å². The number of carbonyl (C=O) groups excluding carboxylic acids is 1. The Bertz CT molecular complexity index is 348. The Labute approximate surface area is 93.8 Å². The Morgan fingerprint density at radius 3 is 2.73 bits per heavy atom. The fourth-order valence-electron chi connectivity index (χ4n) is 0.879. The third-order valence-corrected chi connectivity index (χ3v) is 2.33. The topological polar surface area (TPSA) is 68.0 Å². The zero-order valence-corrected chi connectivity index (χ0v) is 9.51. The molecule has 1 aromatic rings. The van der Waals surface area contributed by atoms with Crippen molar-refractivity contribution in [1.29, 1.82) is 0 Å². The van der Waals surface area contributed by atoms with Crippen LogP contribution in [0.1, 0.15) is 13.8 Å². The van der Waals surface area contributed by atoms with E-state index in [9.17, 15) is 4.79 Å². The van der Waals surface area contributed by atoms with Crippen molar-refractivity contribution in [2.24, 2.45) is 11.1 Å². The van der Waals surface area contributed by atoms with Crippen LogP contribution in [0.3, 0.4) is 0 Å². The van der Waals surface area contributed by atoms with Crippen molar-refractivity contribution in [2.75, 3.05) is 11.9 Å². The molecule has 5 heteroatoms. The molecule has 0 aliphatic heterocycles. The summed E-state index contributed by atoms with van der Waals surface area (Å²) in [4.78, 5) is 15.1. The highest BCUT2D eigenvalue weighted by Gasteiger charge is 2.24. The van der Waals surface area contributed by atoms with E-state index >= 15 is 0 Å². The number of hydrogen-bond acceptors (Lipinski definition) is 3. The normalized spacial score (nSPS) is 11.1. The largest absolute Gasteiger partial charge is 0.369 e. The fraction of sp³-hybridized carbons (Fsp3) is 0.400. The second-order valence-electron chi connectivity index (χ2n) is 3.96. The highest BCUT2D eigenvalue weighted by atomic mass is 35.5. The number of rotatable bonds is 4. The number of nitrogens with two attached hydrogens (primary N) is 1. The molecule has 0 saturated heterocycles. The van der Waals surface area contributed by atoms with E-state index in [-0.39, 0.29) is 5.91 Å². The second kappa shape index (κ2) is 4.49. The third-order valence-electron chi connectivity index (χ3n) is 2.11. The predicted octanol–water partition coefficient (Wildman–Crippen LogP) is 1.66. The summed E-state index contributed by atoms with van der Waals surface area (Å²) >= 11 is 5.69. The smallest absolute Gasteiger partial charge is 0.224 e. The third kappa shape index (κ3) is 3.40. The van der Waals surface area contributed by atoms with Gasteiger partial charge in [0.05, 0.1) is 10.4 Å². The Balaban J connectivity index is 2.57. The summed E-state index contributed by atoms with van der Waals surface area (Å²) in [7, 11) is 0. The van der Waals surface area contributed by atoms with Gasteiger partial charge in [-0.2, -0.15) is 0 Å². The average molecular weight is 228 g/mol. The summed E-state index contributed by atoms with van der Waals surface area (Å²) in [6, 6.07) is 3.48. The van der Waals surface area contributed by atoms with E-state index in [2.05, 4.69) is 10.3 Å². The van der Waals surface area contributed by atoms with Crippen LogP contribution in [0.4, 0.5) is 5.82 Å². The van der Waals surface area contributed by atoms with Crippen LogP contribution in [0.15, 0.2) is 18.3 Å². The Kier molecular flexibility index (Phi) is 3.52. The fourth-order valence-corrected chi connectivity index (χ4v) is 0.991. The summed E-state index contributed by atoms with van der Waals surface area (Å²) in [5, 5.41) is 3.60. The lowest BCUT2D eigenvalue weighted by atomic mass is 9.93. The summed E-state index contributed by atoms with van der Waals surface area (Å²) in [6.07, 6.45) is 1.54. The number of nitrogens with zero attached hydrogens (tertiary/aromatic N) is 1.